The van der Waals surface area contributed by atoms with E-state index < -0.39 is 0 Å². The largest absolute Gasteiger partial charge is 0.396 e. The minimum Gasteiger partial charge on any atom is -0.396 e. The molecule has 2 N–H and O–H groups in total. The summed E-state index contributed by atoms with van der Waals surface area (Å²) < 4.78 is 13.8. The van der Waals surface area contributed by atoms with Crippen molar-refractivity contribution in [1.82, 2.24) is 9.97 Å². The number of para-hydroxylation sites is 1. The van der Waals surface area contributed by atoms with E-state index in [-0.39, 0.29) is 12.4 Å². The molecule has 24 heavy (non-hydrogen) atoms. The molecule has 5 heteroatoms. The van der Waals surface area contributed by atoms with Gasteiger partial charge in [-0.25, -0.2) is 9.37 Å². The zero-order chi connectivity index (χ0) is 16.5. The van der Waals surface area contributed by atoms with Crippen LogP contribution in [0, 0.1) is 11.7 Å². The SMILES string of the molecule is OCC1CCCN(c2ccc(-c3nc4c(F)cccc4[nH]3)cc2)C1. The Balaban J connectivity index is 1.59. The van der Waals surface area contributed by atoms with E-state index in [2.05, 4.69) is 27.0 Å². The summed E-state index contributed by atoms with van der Waals surface area (Å²) >= 11 is 0. The number of aliphatic hydroxyl groups is 1. The van der Waals surface area contributed by atoms with Crippen molar-refractivity contribution >= 4 is 16.7 Å². The van der Waals surface area contributed by atoms with E-state index in [1.807, 2.05) is 18.2 Å². The zero-order valence-corrected chi connectivity index (χ0v) is 13.4. The molecule has 1 aromatic heterocycles. The quantitative estimate of drug-likeness (QED) is 0.774. The number of anilines is 1. The number of benzene rings is 2. The van der Waals surface area contributed by atoms with Crippen LogP contribution < -0.4 is 4.90 Å². The molecule has 1 aliphatic rings. The number of aromatic amines is 1. The van der Waals surface area contributed by atoms with Crippen LogP contribution in [0.2, 0.25) is 0 Å². The average molecular weight is 325 g/mol. The van der Waals surface area contributed by atoms with E-state index in [4.69, 9.17) is 0 Å². The summed E-state index contributed by atoms with van der Waals surface area (Å²) in [5.74, 6) is 0.722. The molecule has 0 saturated carbocycles. The molecule has 2 aromatic carbocycles. The number of hydrogen-bond donors (Lipinski definition) is 2. The van der Waals surface area contributed by atoms with Crippen LogP contribution in [-0.2, 0) is 0 Å². The number of nitrogens with one attached hydrogen (secondary N) is 1. The number of rotatable bonds is 3. The van der Waals surface area contributed by atoms with Crippen LogP contribution in [0.5, 0.6) is 0 Å². The highest BCUT2D eigenvalue weighted by atomic mass is 19.1. The van der Waals surface area contributed by atoms with Crippen molar-refractivity contribution in [2.24, 2.45) is 5.92 Å². The maximum absolute atomic E-state index is 13.8. The first-order valence-corrected chi connectivity index (χ1v) is 8.35. The molecule has 1 unspecified atom stereocenters. The number of halogens is 1. The Labute approximate surface area is 140 Å². The molecule has 1 aliphatic heterocycles. The summed E-state index contributed by atoms with van der Waals surface area (Å²) in [5, 5.41) is 9.37. The van der Waals surface area contributed by atoms with Gasteiger partial charge in [-0.1, -0.05) is 6.07 Å². The summed E-state index contributed by atoms with van der Waals surface area (Å²) in [6.45, 7) is 2.16. The van der Waals surface area contributed by atoms with Gasteiger partial charge < -0.3 is 15.0 Å². The second-order valence-corrected chi connectivity index (χ2v) is 6.41. The lowest BCUT2D eigenvalue weighted by Gasteiger charge is -2.33. The van der Waals surface area contributed by atoms with Gasteiger partial charge in [0.05, 0.1) is 5.52 Å². The highest BCUT2D eigenvalue weighted by molar-refractivity contribution is 5.80. The Hall–Kier alpha value is -2.40. The molecule has 0 spiro atoms. The molecule has 1 fully saturated rings. The van der Waals surface area contributed by atoms with Gasteiger partial charge in [0.2, 0.25) is 0 Å². The molecule has 3 aromatic rings. The molecule has 4 rings (SSSR count). The molecule has 0 bridgehead atoms. The summed E-state index contributed by atoms with van der Waals surface area (Å²) in [4.78, 5) is 9.85. The van der Waals surface area contributed by atoms with Gasteiger partial charge in [-0.2, -0.15) is 0 Å². The predicted molar refractivity (Wildman–Crippen MR) is 93.5 cm³/mol. The molecule has 2 heterocycles. The topological polar surface area (TPSA) is 52.1 Å². The number of H-pyrrole nitrogens is 1. The van der Waals surface area contributed by atoms with Crippen LogP contribution in [-0.4, -0.2) is 34.8 Å². The predicted octanol–water partition coefficient (Wildman–Crippen LogP) is 3.58. The fraction of sp³-hybridized carbons (Fsp3) is 0.316. The minimum absolute atomic E-state index is 0.249. The van der Waals surface area contributed by atoms with Crippen molar-refractivity contribution in [3.8, 4) is 11.4 Å². The highest BCUT2D eigenvalue weighted by Crippen LogP contribution is 2.27. The Morgan fingerprint density at radius 2 is 2.04 bits per heavy atom. The first kappa shape index (κ1) is 15.1. The van der Waals surface area contributed by atoms with Crippen LogP contribution in [0.15, 0.2) is 42.5 Å². The van der Waals surface area contributed by atoms with E-state index in [1.54, 1.807) is 6.07 Å². The normalized spacial score (nSPS) is 18.2. The molecule has 124 valence electrons. The summed E-state index contributed by atoms with van der Waals surface area (Å²) in [6.07, 6.45) is 2.20. The third-order valence-corrected chi connectivity index (χ3v) is 4.75. The van der Waals surface area contributed by atoms with Crippen molar-refractivity contribution in [1.29, 1.82) is 0 Å². The van der Waals surface area contributed by atoms with Crippen molar-refractivity contribution in [3.05, 3.63) is 48.3 Å². The van der Waals surface area contributed by atoms with Gasteiger partial charge in [0.15, 0.2) is 5.82 Å². The molecule has 4 nitrogen and oxygen atoms in total. The molecule has 1 saturated heterocycles. The van der Waals surface area contributed by atoms with Gasteiger partial charge in [-0.15, -0.1) is 0 Å². The van der Waals surface area contributed by atoms with Crippen LogP contribution in [0.25, 0.3) is 22.4 Å². The van der Waals surface area contributed by atoms with E-state index in [9.17, 15) is 9.50 Å². The van der Waals surface area contributed by atoms with E-state index in [1.165, 1.54) is 6.07 Å². The summed E-state index contributed by atoms with van der Waals surface area (Å²) in [6, 6.07) is 13.1. The van der Waals surface area contributed by atoms with Gasteiger partial charge in [0, 0.05) is 30.9 Å². The molecule has 0 aliphatic carbocycles. The van der Waals surface area contributed by atoms with Crippen molar-refractivity contribution in [3.63, 3.8) is 0 Å². The maximum Gasteiger partial charge on any atom is 0.151 e. The van der Waals surface area contributed by atoms with E-state index >= 15 is 0 Å². The van der Waals surface area contributed by atoms with Crippen LogP contribution >= 0.6 is 0 Å². The van der Waals surface area contributed by atoms with E-state index in [0.717, 1.165) is 37.2 Å². The minimum atomic E-state index is -0.310. The smallest absolute Gasteiger partial charge is 0.151 e. The number of hydrogen-bond acceptors (Lipinski definition) is 3. The van der Waals surface area contributed by atoms with Gasteiger partial charge in [-0.3, -0.25) is 0 Å². The first-order valence-electron chi connectivity index (χ1n) is 8.35. The Morgan fingerprint density at radius 1 is 1.21 bits per heavy atom. The van der Waals surface area contributed by atoms with Gasteiger partial charge in [0.1, 0.15) is 11.3 Å². The maximum atomic E-state index is 13.8. The van der Waals surface area contributed by atoms with Crippen molar-refractivity contribution < 1.29 is 9.50 Å². The Bertz CT molecular complexity index is 843. The van der Waals surface area contributed by atoms with Crippen LogP contribution in [0.3, 0.4) is 0 Å². The first-order chi connectivity index (χ1) is 11.7. The third kappa shape index (κ3) is 2.76. The Kier molecular flexibility index (Phi) is 3.94. The average Bonchev–Trinajstić information content (AvgIpc) is 3.08. The fourth-order valence-corrected chi connectivity index (χ4v) is 3.41. The third-order valence-electron chi connectivity index (χ3n) is 4.75. The molecule has 0 radical (unpaired) electrons. The van der Waals surface area contributed by atoms with Crippen molar-refractivity contribution in [2.75, 3.05) is 24.6 Å². The number of aromatic nitrogens is 2. The second kappa shape index (κ2) is 6.24. The number of imidazole rings is 1. The molecular formula is C19H20FN3O. The van der Waals surface area contributed by atoms with Crippen LogP contribution in [0.4, 0.5) is 10.1 Å². The molecular weight excluding hydrogens is 305 g/mol. The number of aliphatic hydroxyl groups excluding tert-OH is 1. The summed E-state index contributed by atoms with van der Waals surface area (Å²) in [7, 11) is 0. The number of fused-ring (bicyclic) bond motifs is 1. The monoisotopic (exact) mass is 325 g/mol. The van der Waals surface area contributed by atoms with Gasteiger partial charge in [0.25, 0.3) is 0 Å². The van der Waals surface area contributed by atoms with Crippen molar-refractivity contribution in [2.45, 2.75) is 12.8 Å². The Morgan fingerprint density at radius 3 is 2.79 bits per heavy atom. The fourth-order valence-electron chi connectivity index (χ4n) is 3.41. The molecule has 0 amide bonds. The lowest BCUT2D eigenvalue weighted by atomic mass is 9.98. The lowest BCUT2D eigenvalue weighted by Crippen LogP contribution is -2.36. The molecule has 1 atom stereocenters. The standard InChI is InChI=1S/C19H20FN3O/c20-16-4-1-5-17-18(16)22-19(21-17)14-6-8-15(9-7-14)23-10-2-3-13(11-23)12-24/h1,4-9,13,24H,2-3,10-12H2,(H,21,22). The number of piperidine rings is 1. The van der Waals surface area contributed by atoms with E-state index in [0.29, 0.717) is 22.8 Å². The lowest BCUT2D eigenvalue weighted by molar-refractivity contribution is 0.209. The van der Waals surface area contributed by atoms with Gasteiger partial charge in [-0.05, 0) is 55.2 Å². The van der Waals surface area contributed by atoms with Crippen LogP contribution in [0.1, 0.15) is 12.8 Å². The summed E-state index contributed by atoms with van der Waals surface area (Å²) in [5.41, 5.74) is 3.17. The zero-order valence-electron chi connectivity index (χ0n) is 13.4. The second-order valence-electron chi connectivity index (χ2n) is 6.41. The highest BCUT2D eigenvalue weighted by Gasteiger charge is 2.19. The number of nitrogens with zero attached hydrogens (tertiary/aromatic N) is 2. The van der Waals surface area contributed by atoms with Gasteiger partial charge >= 0.3 is 0 Å².